The third kappa shape index (κ3) is 3.25. The summed E-state index contributed by atoms with van der Waals surface area (Å²) in [7, 11) is 0. The average Bonchev–Trinajstić information content (AvgIpc) is 2.26. The summed E-state index contributed by atoms with van der Waals surface area (Å²) in [5.41, 5.74) is 1.37. The number of rotatable bonds is 4. The molecule has 1 aliphatic rings. The Morgan fingerprint density at radius 1 is 1.41 bits per heavy atom. The highest BCUT2D eigenvalue weighted by Crippen LogP contribution is 2.27. The number of esters is 1. The number of hydrogen-bond acceptors (Lipinski definition) is 4. The van der Waals surface area contributed by atoms with Gasteiger partial charge >= 0.3 is 5.97 Å². The highest BCUT2D eigenvalue weighted by molar-refractivity contribution is 6.06. The van der Waals surface area contributed by atoms with Crippen molar-refractivity contribution < 1.29 is 14.3 Å². The van der Waals surface area contributed by atoms with Crippen LogP contribution in [0.1, 0.15) is 34.1 Å². The maximum atomic E-state index is 11.9. The SMILES string of the molecule is CCOC(=O)CC(=O)C1=C(C)C(C)C(C)C=N1. The summed E-state index contributed by atoms with van der Waals surface area (Å²) in [5, 5.41) is 0. The predicted molar refractivity (Wildman–Crippen MR) is 65.8 cm³/mol. The smallest absolute Gasteiger partial charge is 0.313 e. The van der Waals surface area contributed by atoms with Crippen molar-refractivity contribution in [3.63, 3.8) is 0 Å². The highest BCUT2D eigenvalue weighted by atomic mass is 16.5. The third-order valence-corrected chi connectivity index (χ3v) is 3.16. The molecular weight excluding hydrogens is 218 g/mol. The van der Waals surface area contributed by atoms with E-state index in [1.165, 1.54) is 0 Å². The van der Waals surface area contributed by atoms with Crippen LogP contribution in [-0.4, -0.2) is 24.6 Å². The molecular formula is C13H19NO3. The highest BCUT2D eigenvalue weighted by Gasteiger charge is 2.24. The second-order valence-corrected chi connectivity index (χ2v) is 4.36. The van der Waals surface area contributed by atoms with Gasteiger partial charge in [-0.25, -0.2) is 0 Å². The lowest BCUT2D eigenvalue weighted by atomic mass is 9.86. The van der Waals surface area contributed by atoms with E-state index >= 15 is 0 Å². The fraction of sp³-hybridized carbons (Fsp3) is 0.615. The van der Waals surface area contributed by atoms with Crippen molar-refractivity contribution in [3.05, 3.63) is 11.3 Å². The molecule has 0 fully saturated rings. The van der Waals surface area contributed by atoms with E-state index in [4.69, 9.17) is 4.74 Å². The lowest BCUT2D eigenvalue weighted by Crippen LogP contribution is -2.21. The summed E-state index contributed by atoms with van der Waals surface area (Å²) < 4.78 is 4.75. The normalized spacial score (nSPS) is 23.8. The van der Waals surface area contributed by atoms with Gasteiger partial charge in [0.1, 0.15) is 12.1 Å². The van der Waals surface area contributed by atoms with Crippen LogP contribution >= 0.6 is 0 Å². The molecule has 1 rings (SSSR count). The van der Waals surface area contributed by atoms with Gasteiger partial charge in [-0.05, 0) is 31.3 Å². The minimum Gasteiger partial charge on any atom is -0.466 e. The molecule has 0 spiro atoms. The van der Waals surface area contributed by atoms with Crippen molar-refractivity contribution in [2.24, 2.45) is 16.8 Å². The van der Waals surface area contributed by atoms with E-state index in [1.807, 2.05) is 6.92 Å². The van der Waals surface area contributed by atoms with Crippen LogP contribution in [0.25, 0.3) is 0 Å². The Kier molecular flexibility index (Phi) is 4.61. The number of hydrogen-bond donors (Lipinski definition) is 0. The molecule has 1 heterocycles. The maximum absolute atomic E-state index is 11.9. The molecule has 1 aliphatic heterocycles. The van der Waals surface area contributed by atoms with Gasteiger partial charge in [0, 0.05) is 6.21 Å². The van der Waals surface area contributed by atoms with Gasteiger partial charge in [0.2, 0.25) is 0 Å². The first-order valence-electron chi connectivity index (χ1n) is 5.91. The number of aliphatic imine (C=N–C) groups is 1. The largest absolute Gasteiger partial charge is 0.466 e. The molecule has 0 N–H and O–H groups in total. The first-order chi connectivity index (χ1) is 7.97. The van der Waals surface area contributed by atoms with Crippen molar-refractivity contribution in [2.45, 2.75) is 34.1 Å². The van der Waals surface area contributed by atoms with Gasteiger partial charge in [0.15, 0.2) is 5.78 Å². The maximum Gasteiger partial charge on any atom is 0.313 e. The second kappa shape index (κ2) is 5.75. The number of carbonyl (C=O) groups excluding carboxylic acids is 2. The molecule has 0 aromatic rings. The first kappa shape index (κ1) is 13.6. The molecule has 0 radical (unpaired) electrons. The number of ketones is 1. The standard InChI is InChI=1S/C13H19NO3/c1-5-17-12(16)6-11(15)13-10(4)9(3)8(2)7-14-13/h7-9H,5-6H2,1-4H3. The van der Waals surface area contributed by atoms with Crippen LogP contribution in [0.3, 0.4) is 0 Å². The van der Waals surface area contributed by atoms with Crippen LogP contribution in [0.4, 0.5) is 0 Å². The van der Waals surface area contributed by atoms with Crippen LogP contribution in [0.15, 0.2) is 16.3 Å². The fourth-order valence-corrected chi connectivity index (χ4v) is 1.75. The fourth-order valence-electron chi connectivity index (χ4n) is 1.75. The zero-order valence-electron chi connectivity index (χ0n) is 10.8. The second-order valence-electron chi connectivity index (χ2n) is 4.36. The van der Waals surface area contributed by atoms with Crippen LogP contribution in [0, 0.1) is 11.8 Å². The molecule has 17 heavy (non-hydrogen) atoms. The Hall–Kier alpha value is -1.45. The monoisotopic (exact) mass is 237 g/mol. The van der Waals surface area contributed by atoms with E-state index in [1.54, 1.807) is 13.1 Å². The van der Waals surface area contributed by atoms with E-state index in [2.05, 4.69) is 18.8 Å². The number of Topliss-reactive ketones (excluding diaryl/α,β-unsaturated/α-hetero) is 1. The topological polar surface area (TPSA) is 55.7 Å². The molecule has 94 valence electrons. The molecule has 0 bridgehead atoms. The summed E-state index contributed by atoms with van der Waals surface area (Å²) in [6.45, 7) is 8.03. The van der Waals surface area contributed by atoms with Crippen molar-refractivity contribution in [1.82, 2.24) is 0 Å². The molecule has 4 heteroatoms. The lowest BCUT2D eigenvalue weighted by Gasteiger charge is -2.23. The van der Waals surface area contributed by atoms with Crippen LogP contribution in [0.2, 0.25) is 0 Å². The number of carbonyl (C=O) groups is 2. The van der Waals surface area contributed by atoms with Crippen LogP contribution in [-0.2, 0) is 14.3 Å². The van der Waals surface area contributed by atoms with Gasteiger partial charge in [-0.15, -0.1) is 0 Å². The molecule has 2 unspecified atom stereocenters. The van der Waals surface area contributed by atoms with Crippen molar-refractivity contribution in [3.8, 4) is 0 Å². The van der Waals surface area contributed by atoms with Crippen LogP contribution in [0.5, 0.6) is 0 Å². The molecule has 0 aromatic heterocycles. The summed E-state index contributed by atoms with van der Waals surface area (Å²) in [4.78, 5) is 27.3. The Balaban J connectivity index is 2.76. The molecule has 0 aliphatic carbocycles. The number of nitrogens with zero attached hydrogens (tertiary/aromatic N) is 1. The summed E-state index contributed by atoms with van der Waals surface area (Å²) in [6.07, 6.45) is 1.55. The first-order valence-corrected chi connectivity index (χ1v) is 5.91. The average molecular weight is 237 g/mol. The Bertz CT molecular complexity index is 382. The molecule has 4 nitrogen and oxygen atoms in total. The zero-order valence-corrected chi connectivity index (χ0v) is 10.8. The van der Waals surface area contributed by atoms with Crippen molar-refractivity contribution in [1.29, 1.82) is 0 Å². The zero-order chi connectivity index (χ0) is 13.0. The van der Waals surface area contributed by atoms with Crippen molar-refractivity contribution in [2.75, 3.05) is 6.61 Å². The Labute approximate surface area is 102 Å². The summed E-state index contributed by atoms with van der Waals surface area (Å²) in [6, 6.07) is 0. The summed E-state index contributed by atoms with van der Waals surface area (Å²) in [5.74, 6) is -0.127. The molecule has 0 amide bonds. The van der Waals surface area contributed by atoms with E-state index in [-0.39, 0.29) is 18.1 Å². The number of ether oxygens (including phenoxy) is 1. The summed E-state index contributed by atoms with van der Waals surface area (Å²) >= 11 is 0. The van der Waals surface area contributed by atoms with Gasteiger partial charge in [-0.3, -0.25) is 14.6 Å². The quantitative estimate of drug-likeness (QED) is 0.556. The van der Waals surface area contributed by atoms with Crippen LogP contribution < -0.4 is 0 Å². The van der Waals surface area contributed by atoms with Gasteiger partial charge < -0.3 is 4.74 Å². The minimum absolute atomic E-state index is 0.223. The third-order valence-electron chi connectivity index (χ3n) is 3.16. The van der Waals surface area contributed by atoms with Crippen molar-refractivity contribution >= 4 is 18.0 Å². The lowest BCUT2D eigenvalue weighted by molar-refractivity contribution is -0.144. The van der Waals surface area contributed by atoms with Gasteiger partial charge in [0.05, 0.1) is 6.61 Å². The van der Waals surface area contributed by atoms with Gasteiger partial charge in [-0.1, -0.05) is 13.8 Å². The van der Waals surface area contributed by atoms with E-state index < -0.39 is 5.97 Å². The predicted octanol–water partition coefficient (Wildman–Crippen LogP) is 2.14. The molecule has 2 atom stereocenters. The Morgan fingerprint density at radius 2 is 2.06 bits per heavy atom. The number of allylic oxidation sites excluding steroid dienone is 2. The Morgan fingerprint density at radius 3 is 2.65 bits per heavy atom. The van der Waals surface area contributed by atoms with E-state index in [9.17, 15) is 9.59 Å². The molecule has 0 saturated carbocycles. The van der Waals surface area contributed by atoms with E-state index in [0.29, 0.717) is 18.2 Å². The molecule has 0 aromatic carbocycles. The molecule has 0 saturated heterocycles. The minimum atomic E-state index is -0.487. The van der Waals surface area contributed by atoms with E-state index in [0.717, 1.165) is 5.57 Å². The van der Waals surface area contributed by atoms with Gasteiger partial charge in [-0.2, -0.15) is 0 Å². The van der Waals surface area contributed by atoms with Gasteiger partial charge in [0.25, 0.3) is 0 Å².